The Morgan fingerprint density at radius 2 is 1.47 bits per heavy atom. The molecule has 0 aromatic heterocycles. The Hall–Kier alpha value is -5.26. The summed E-state index contributed by atoms with van der Waals surface area (Å²) < 4.78 is 25.6. The van der Waals surface area contributed by atoms with E-state index in [1.165, 1.54) is 63.8 Å². The first-order valence-corrected chi connectivity index (χ1v) is 27.3. The first kappa shape index (κ1) is 58.0. The molecule has 2 aliphatic heterocycles. The number of nitrogens with two attached hydrogens (primary N) is 3. The zero-order valence-electron chi connectivity index (χ0n) is 45.1. The van der Waals surface area contributed by atoms with Crippen LogP contribution in [0.5, 0.6) is 11.5 Å². The molecule has 9 atom stereocenters. The lowest BCUT2D eigenvalue weighted by molar-refractivity contribution is -0.226. The number of hydrogen-bond donors (Lipinski definition) is 7. The second-order valence-electron chi connectivity index (χ2n) is 21.8. The predicted molar refractivity (Wildman–Crippen MR) is 287 cm³/mol. The van der Waals surface area contributed by atoms with Crippen molar-refractivity contribution in [3.63, 3.8) is 0 Å². The van der Waals surface area contributed by atoms with Crippen LogP contribution in [0.25, 0.3) is 16.0 Å². The van der Waals surface area contributed by atoms with Crippen LogP contribution in [0.15, 0.2) is 36.4 Å². The Morgan fingerprint density at radius 1 is 0.865 bits per heavy atom. The maximum Gasteiger partial charge on any atom is 0.487 e. The van der Waals surface area contributed by atoms with E-state index in [9.17, 15) is 24.0 Å². The molecule has 10 N–H and O–H groups in total. The van der Waals surface area contributed by atoms with Crippen molar-refractivity contribution in [3.8, 4) is 29.2 Å². The normalized spacial score (nSPS) is 25.6. The summed E-state index contributed by atoms with van der Waals surface area (Å²) in [6, 6.07) is 5.59. The summed E-state index contributed by atoms with van der Waals surface area (Å²) in [6.45, 7) is 18.5. The summed E-state index contributed by atoms with van der Waals surface area (Å²) in [6.07, 6.45) is 14.3. The molecule has 1 saturated heterocycles. The smallest absolute Gasteiger partial charge is 0.487 e. The summed E-state index contributed by atoms with van der Waals surface area (Å²) in [4.78, 5) is 76.8. The molecular formula is C55H85BN9O9+. The van der Waals surface area contributed by atoms with Crippen molar-refractivity contribution in [2.75, 3.05) is 39.9 Å². The van der Waals surface area contributed by atoms with Crippen molar-refractivity contribution in [3.05, 3.63) is 52.4 Å². The number of unbranched alkanes of at least 4 members (excludes halogenated alkanes) is 10. The third kappa shape index (κ3) is 13.0. The SMILES string of the molecule is C#[N+][C@@]12C[C@@H]3C[C@@H](C3(C)C)[C@]1(C)OB([C@H](C)NC(=O)[C@@H]1Cc3ccc(OCCN)c(c3)-c3cc(ccc3OCCN)[C@H](N(C)C(=O)[C@H](CN)NC(=O)CCCCCCCCCCCCC)C(=O)N[C@@H](C)C(=O)N1)O2. The van der Waals surface area contributed by atoms with Crippen LogP contribution in [0.2, 0.25) is 0 Å². The number of amides is 5. The highest BCUT2D eigenvalue weighted by molar-refractivity contribution is 6.48. The molecule has 3 saturated carbocycles. The summed E-state index contributed by atoms with van der Waals surface area (Å²) in [5.74, 6) is -2.22. The van der Waals surface area contributed by atoms with Gasteiger partial charge in [-0.3, -0.25) is 24.0 Å². The van der Waals surface area contributed by atoms with Gasteiger partial charge in [0.2, 0.25) is 29.5 Å². The number of benzene rings is 2. The Balaban J connectivity index is 1.25. The third-order valence-corrected chi connectivity index (χ3v) is 16.2. The van der Waals surface area contributed by atoms with Gasteiger partial charge in [-0.1, -0.05) is 97.1 Å². The quantitative estimate of drug-likeness (QED) is 0.0496. The molecule has 6 bridgehead atoms. The third-order valence-electron chi connectivity index (χ3n) is 16.2. The zero-order chi connectivity index (χ0) is 53.8. The van der Waals surface area contributed by atoms with Crippen molar-refractivity contribution in [2.45, 2.75) is 179 Å². The van der Waals surface area contributed by atoms with Gasteiger partial charge in [-0.15, -0.1) is 0 Å². The van der Waals surface area contributed by atoms with Crippen LogP contribution in [-0.2, 0) is 39.7 Å². The number of nitrogens with one attached hydrogen (secondary N) is 4. The largest absolute Gasteiger partial charge is 0.492 e. The average Bonchev–Trinajstić information content (AvgIpc) is 3.71. The van der Waals surface area contributed by atoms with Crippen LogP contribution in [0.1, 0.15) is 149 Å². The number of ether oxygens (including phenoxy) is 2. The molecule has 406 valence electrons. The number of carbonyl (C=O) groups excluding carboxylic acids is 5. The summed E-state index contributed by atoms with van der Waals surface area (Å²) in [5.41, 5.74) is 18.1. The summed E-state index contributed by atoms with van der Waals surface area (Å²) in [7, 11) is 0.553. The minimum atomic E-state index is -1.35. The number of fused-ring (bicyclic) bond motifs is 5. The van der Waals surface area contributed by atoms with Gasteiger partial charge >= 0.3 is 12.8 Å². The summed E-state index contributed by atoms with van der Waals surface area (Å²) in [5, 5.41) is 11.5. The number of likely N-dealkylation sites (N-methyl/N-ethyl adjacent to an activating group) is 1. The van der Waals surface area contributed by atoms with Crippen molar-refractivity contribution >= 4 is 36.7 Å². The van der Waals surface area contributed by atoms with Crippen LogP contribution < -0.4 is 47.9 Å². The molecule has 0 unspecified atom stereocenters. The first-order valence-electron chi connectivity index (χ1n) is 27.3. The molecule has 2 aromatic rings. The van der Waals surface area contributed by atoms with Gasteiger partial charge in [0.25, 0.3) is 6.57 Å². The van der Waals surface area contributed by atoms with E-state index in [0.717, 1.165) is 25.7 Å². The molecular weight excluding hydrogens is 941 g/mol. The van der Waals surface area contributed by atoms with Crippen LogP contribution in [0.4, 0.5) is 0 Å². The van der Waals surface area contributed by atoms with Crippen LogP contribution >= 0.6 is 0 Å². The molecule has 5 aliphatic rings. The maximum atomic E-state index is 14.7. The van der Waals surface area contributed by atoms with Gasteiger partial charge in [0.05, 0.1) is 12.4 Å². The molecule has 74 heavy (non-hydrogen) atoms. The van der Waals surface area contributed by atoms with Crippen molar-refractivity contribution in [1.82, 2.24) is 26.2 Å². The molecule has 5 amide bonds. The molecule has 7 rings (SSSR count). The first-order chi connectivity index (χ1) is 35.4. The van der Waals surface area contributed by atoms with E-state index in [1.807, 2.05) is 13.0 Å². The van der Waals surface area contributed by atoms with E-state index in [2.05, 4.69) is 46.9 Å². The van der Waals surface area contributed by atoms with Gasteiger partial charge in [0, 0.05) is 56.6 Å². The molecule has 19 heteroatoms. The Labute approximate surface area is 439 Å². The number of carbonyl (C=O) groups is 5. The topological polar surface area (TPSA) is 256 Å². The Morgan fingerprint density at radius 3 is 2.07 bits per heavy atom. The molecule has 2 heterocycles. The van der Waals surface area contributed by atoms with E-state index in [1.54, 1.807) is 37.3 Å². The number of nitrogens with zero attached hydrogens (tertiary/aromatic N) is 2. The number of hydrogen-bond acceptors (Lipinski definition) is 12. The second-order valence-corrected chi connectivity index (χ2v) is 21.8. The van der Waals surface area contributed by atoms with Gasteiger partial charge < -0.3 is 62.2 Å². The van der Waals surface area contributed by atoms with E-state index < -0.39 is 72.2 Å². The lowest BCUT2D eigenvalue weighted by atomic mass is 9.42. The molecule has 18 nitrogen and oxygen atoms in total. The number of rotatable bonds is 25. The van der Waals surface area contributed by atoms with E-state index >= 15 is 0 Å². The molecule has 0 radical (unpaired) electrons. The Kier molecular flexibility index (Phi) is 20.4. The van der Waals surface area contributed by atoms with Crippen LogP contribution in [0.3, 0.4) is 0 Å². The van der Waals surface area contributed by atoms with Gasteiger partial charge in [-0.05, 0) is 85.2 Å². The molecule has 0 spiro atoms. The van der Waals surface area contributed by atoms with E-state index in [0.29, 0.717) is 52.5 Å². The minimum absolute atomic E-state index is 0.000938. The molecule has 4 fully saturated rings. The minimum Gasteiger partial charge on any atom is -0.492 e. The predicted octanol–water partition coefficient (Wildman–Crippen LogP) is 5.28. The summed E-state index contributed by atoms with van der Waals surface area (Å²) >= 11 is 0. The van der Waals surface area contributed by atoms with Crippen LogP contribution in [0, 0.1) is 23.8 Å². The Bertz CT molecular complexity index is 2330. The fraction of sp³-hybridized carbons (Fsp3) is 0.673. The highest BCUT2D eigenvalue weighted by atomic mass is 16.7. The standard InChI is InChI=1S/C55H84BN9O9/c1-9-10-11-12-13-14-15-16-17-18-19-20-47(66)63-43(34-59)52(70)65(8)48-38-22-24-45(72-28-26-58)41(31-38)40-29-37(21-23-44(40)71-27-25-57)30-42(64-49(67)35(2)61-51(48)69)50(68)62-36(3)56-73-54(6)46-32-39(53(46,4)5)33-55(54,60-7)74-56/h7,21-24,29,31,35-36,39,42-43,46,48H,9-20,25-28,30,32-34,57-59H2,1-6,8H3,(H3-,61,62,63,64,66,67,68,69)/p+1/t35-,36-,39-,42-,43-,46-,48-,54-,55+/m0/s1. The van der Waals surface area contributed by atoms with Crippen molar-refractivity contribution in [2.24, 2.45) is 34.5 Å². The van der Waals surface area contributed by atoms with E-state index in [4.69, 9.17) is 42.6 Å². The fourth-order valence-corrected chi connectivity index (χ4v) is 11.6. The lowest BCUT2D eigenvalue weighted by Crippen LogP contribution is -2.70. The zero-order valence-corrected chi connectivity index (χ0v) is 45.1. The monoisotopic (exact) mass is 1030 g/mol. The highest BCUT2D eigenvalue weighted by Gasteiger charge is 2.81. The van der Waals surface area contributed by atoms with E-state index in [-0.39, 0.29) is 62.9 Å². The van der Waals surface area contributed by atoms with Crippen molar-refractivity contribution in [1.29, 1.82) is 0 Å². The maximum absolute atomic E-state index is 14.7. The highest BCUT2D eigenvalue weighted by Crippen LogP contribution is 2.69. The lowest BCUT2D eigenvalue weighted by Gasteiger charge is -2.63. The van der Waals surface area contributed by atoms with Gasteiger partial charge in [-0.2, -0.15) is 0 Å². The fourth-order valence-electron chi connectivity index (χ4n) is 11.6. The van der Waals surface area contributed by atoms with Crippen LogP contribution in [-0.4, -0.2) is 117 Å². The average molecular weight is 1030 g/mol. The second kappa shape index (κ2) is 26.0. The van der Waals surface area contributed by atoms with Gasteiger partial charge in [0.15, 0.2) is 5.60 Å². The van der Waals surface area contributed by atoms with Gasteiger partial charge in [-0.25, -0.2) is 0 Å². The molecule has 3 aliphatic carbocycles. The van der Waals surface area contributed by atoms with Crippen molar-refractivity contribution < 1.29 is 42.8 Å². The van der Waals surface area contributed by atoms with Gasteiger partial charge in [0.1, 0.15) is 48.9 Å². The molecule has 2 aromatic carbocycles.